The molecule has 0 aromatic heterocycles. The molecule has 0 saturated carbocycles. The van der Waals surface area contributed by atoms with Crippen LogP contribution in [0.3, 0.4) is 0 Å². The number of nitrogens with zero attached hydrogens (tertiary/aromatic N) is 1. The van der Waals surface area contributed by atoms with Crippen LogP contribution < -0.4 is 10.5 Å². The van der Waals surface area contributed by atoms with Crippen LogP contribution in [0.2, 0.25) is 0 Å². The zero-order valence-electron chi connectivity index (χ0n) is 10.5. The number of para-hydroxylation sites is 1. The van der Waals surface area contributed by atoms with Gasteiger partial charge in [0.15, 0.2) is 6.61 Å². The van der Waals surface area contributed by atoms with Crippen molar-refractivity contribution in [2.24, 2.45) is 11.7 Å². The molecule has 4 heteroatoms. The maximum absolute atomic E-state index is 12.0. The van der Waals surface area contributed by atoms with Gasteiger partial charge in [-0.1, -0.05) is 18.2 Å². The number of piperidine rings is 1. The fraction of sp³-hybridized carbons (Fsp3) is 0.500. The van der Waals surface area contributed by atoms with Crippen LogP contribution in [0.15, 0.2) is 30.3 Å². The summed E-state index contributed by atoms with van der Waals surface area (Å²) in [5.74, 6) is 1.23. The van der Waals surface area contributed by atoms with E-state index in [4.69, 9.17) is 10.5 Å². The molecule has 2 N–H and O–H groups in total. The van der Waals surface area contributed by atoms with E-state index in [2.05, 4.69) is 0 Å². The molecule has 1 atom stereocenters. The van der Waals surface area contributed by atoms with Crippen LogP contribution in [0.25, 0.3) is 0 Å². The van der Waals surface area contributed by atoms with Crippen molar-refractivity contribution in [3.8, 4) is 5.75 Å². The highest BCUT2D eigenvalue weighted by Crippen LogP contribution is 2.15. The number of rotatable bonds is 4. The Bertz CT molecular complexity index is 381. The summed E-state index contributed by atoms with van der Waals surface area (Å²) < 4.78 is 5.47. The van der Waals surface area contributed by atoms with Gasteiger partial charge in [0, 0.05) is 13.1 Å². The predicted octanol–water partition coefficient (Wildman–Crippen LogP) is 1.26. The van der Waals surface area contributed by atoms with Crippen LogP contribution >= 0.6 is 0 Å². The number of carbonyl (C=O) groups is 1. The first-order valence-corrected chi connectivity index (χ1v) is 6.45. The molecule has 1 aromatic carbocycles. The van der Waals surface area contributed by atoms with E-state index < -0.39 is 0 Å². The third kappa shape index (κ3) is 3.47. The maximum Gasteiger partial charge on any atom is 0.260 e. The van der Waals surface area contributed by atoms with Crippen molar-refractivity contribution in [3.05, 3.63) is 30.3 Å². The maximum atomic E-state index is 12.0. The zero-order valence-corrected chi connectivity index (χ0v) is 10.5. The minimum atomic E-state index is 0.0528. The number of hydrogen-bond acceptors (Lipinski definition) is 3. The minimum absolute atomic E-state index is 0.0528. The van der Waals surface area contributed by atoms with Crippen molar-refractivity contribution in [1.29, 1.82) is 0 Å². The summed E-state index contributed by atoms with van der Waals surface area (Å²) in [7, 11) is 0. The topological polar surface area (TPSA) is 55.6 Å². The third-order valence-electron chi connectivity index (χ3n) is 3.31. The average Bonchev–Trinajstić information content (AvgIpc) is 2.46. The molecule has 98 valence electrons. The Morgan fingerprint density at radius 3 is 2.89 bits per heavy atom. The summed E-state index contributed by atoms with van der Waals surface area (Å²) in [5.41, 5.74) is 5.66. The van der Waals surface area contributed by atoms with Crippen molar-refractivity contribution in [3.63, 3.8) is 0 Å². The number of nitrogens with two attached hydrogens (primary N) is 1. The van der Waals surface area contributed by atoms with Gasteiger partial charge >= 0.3 is 0 Å². The van der Waals surface area contributed by atoms with Gasteiger partial charge in [-0.05, 0) is 37.4 Å². The van der Waals surface area contributed by atoms with E-state index in [1.165, 1.54) is 0 Å². The Labute approximate surface area is 108 Å². The van der Waals surface area contributed by atoms with Gasteiger partial charge in [-0.15, -0.1) is 0 Å². The highest BCUT2D eigenvalue weighted by Gasteiger charge is 2.22. The highest BCUT2D eigenvalue weighted by atomic mass is 16.5. The van der Waals surface area contributed by atoms with Gasteiger partial charge in [-0.25, -0.2) is 0 Å². The molecule has 0 aliphatic carbocycles. The van der Waals surface area contributed by atoms with Crippen LogP contribution in [-0.4, -0.2) is 37.0 Å². The zero-order chi connectivity index (χ0) is 12.8. The number of benzene rings is 1. The lowest BCUT2D eigenvalue weighted by Crippen LogP contribution is -2.44. The van der Waals surface area contributed by atoms with Gasteiger partial charge in [-0.2, -0.15) is 0 Å². The molecule has 1 aliphatic heterocycles. The molecule has 1 heterocycles. The molecule has 1 aliphatic rings. The second-order valence-corrected chi connectivity index (χ2v) is 4.69. The predicted molar refractivity (Wildman–Crippen MR) is 70.3 cm³/mol. The van der Waals surface area contributed by atoms with E-state index in [1.807, 2.05) is 35.2 Å². The molecule has 18 heavy (non-hydrogen) atoms. The van der Waals surface area contributed by atoms with Gasteiger partial charge in [-0.3, -0.25) is 4.79 Å². The third-order valence-corrected chi connectivity index (χ3v) is 3.31. The van der Waals surface area contributed by atoms with E-state index >= 15 is 0 Å². The Hall–Kier alpha value is -1.55. The van der Waals surface area contributed by atoms with Crippen molar-refractivity contribution >= 4 is 5.91 Å². The second-order valence-electron chi connectivity index (χ2n) is 4.69. The van der Waals surface area contributed by atoms with Gasteiger partial charge in [0.05, 0.1) is 0 Å². The van der Waals surface area contributed by atoms with E-state index in [0.717, 1.165) is 31.7 Å². The lowest BCUT2D eigenvalue weighted by atomic mass is 9.98. The molecule has 1 amide bonds. The summed E-state index contributed by atoms with van der Waals surface area (Å²) in [5, 5.41) is 0. The molecule has 4 nitrogen and oxygen atoms in total. The number of amides is 1. The Morgan fingerprint density at radius 2 is 2.17 bits per heavy atom. The summed E-state index contributed by atoms with van der Waals surface area (Å²) in [4.78, 5) is 13.9. The van der Waals surface area contributed by atoms with E-state index in [-0.39, 0.29) is 12.5 Å². The van der Waals surface area contributed by atoms with Crippen molar-refractivity contribution in [2.45, 2.75) is 12.8 Å². The molecule has 1 saturated heterocycles. The van der Waals surface area contributed by atoms with E-state index in [1.54, 1.807) is 0 Å². The largest absolute Gasteiger partial charge is 0.484 e. The first-order valence-electron chi connectivity index (χ1n) is 6.45. The fourth-order valence-corrected chi connectivity index (χ4v) is 2.24. The van der Waals surface area contributed by atoms with Crippen LogP contribution in [0, 0.1) is 5.92 Å². The molecular weight excluding hydrogens is 228 g/mol. The molecular formula is C14H20N2O2. The smallest absolute Gasteiger partial charge is 0.260 e. The molecule has 1 aromatic rings. The normalized spacial score (nSPS) is 19.6. The highest BCUT2D eigenvalue weighted by molar-refractivity contribution is 5.77. The SMILES string of the molecule is NCC1CCCN(C(=O)COc2ccccc2)C1. The summed E-state index contributed by atoms with van der Waals surface area (Å²) in [6, 6.07) is 9.42. The standard InChI is InChI=1S/C14H20N2O2/c15-9-12-5-4-8-16(10-12)14(17)11-18-13-6-2-1-3-7-13/h1-3,6-7,12H,4-5,8-11,15H2. The molecule has 0 radical (unpaired) electrons. The molecule has 0 bridgehead atoms. The van der Waals surface area contributed by atoms with Crippen LogP contribution in [0.1, 0.15) is 12.8 Å². The van der Waals surface area contributed by atoms with Crippen LogP contribution in [0.4, 0.5) is 0 Å². The fourth-order valence-electron chi connectivity index (χ4n) is 2.24. The Balaban J connectivity index is 1.81. The number of ether oxygens (including phenoxy) is 1. The molecule has 2 rings (SSSR count). The summed E-state index contributed by atoms with van der Waals surface area (Å²) in [6.07, 6.45) is 2.17. The van der Waals surface area contributed by atoms with Gasteiger partial charge in [0.2, 0.25) is 0 Å². The van der Waals surface area contributed by atoms with E-state index in [9.17, 15) is 4.79 Å². The monoisotopic (exact) mass is 248 g/mol. The second kappa shape index (κ2) is 6.40. The Kier molecular flexibility index (Phi) is 4.59. The Morgan fingerprint density at radius 1 is 1.39 bits per heavy atom. The number of likely N-dealkylation sites (tertiary alicyclic amines) is 1. The van der Waals surface area contributed by atoms with Crippen molar-refractivity contribution in [2.75, 3.05) is 26.2 Å². The minimum Gasteiger partial charge on any atom is -0.484 e. The van der Waals surface area contributed by atoms with Crippen LogP contribution in [-0.2, 0) is 4.79 Å². The van der Waals surface area contributed by atoms with Crippen molar-refractivity contribution < 1.29 is 9.53 Å². The number of hydrogen-bond donors (Lipinski definition) is 1. The quantitative estimate of drug-likeness (QED) is 0.873. The lowest BCUT2D eigenvalue weighted by Gasteiger charge is -2.32. The molecule has 0 spiro atoms. The first kappa shape index (κ1) is 12.9. The van der Waals surface area contributed by atoms with Gasteiger partial charge < -0.3 is 15.4 Å². The van der Waals surface area contributed by atoms with Gasteiger partial charge in [0.1, 0.15) is 5.75 Å². The first-order chi connectivity index (χ1) is 8.79. The average molecular weight is 248 g/mol. The van der Waals surface area contributed by atoms with Crippen LogP contribution in [0.5, 0.6) is 5.75 Å². The summed E-state index contributed by atoms with van der Waals surface area (Å²) >= 11 is 0. The molecule has 1 fully saturated rings. The summed E-state index contributed by atoms with van der Waals surface area (Å²) in [6.45, 7) is 2.37. The molecule has 1 unspecified atom stereocenters. The van der Waals surface area contributed by atoms with E-state index in [0.29, 0.717) is 12.5 Å². The van der Waals surface area contributed by atoms with Crippen molar-refractivity contribution in [1.82, 2.24) is 4.90 Å². The lowest BCUT2D eigenvalue weighted by molar-refractivity contribution is -0.135. The van der Waals surface area contributed by atoms with Gasteiger partial charge in [0.25, 0.3) is 5.91 Å². The number of carbonyl (C=O) groups excluding carboxylic acids is 1.